The van der Waals surface area contributed by atoms with E-state index >= 15 is 0 Å². The summed E-state index contributed by atoms with van der Waals surface area (Å²) in [6.45, 7) is 4.32. The van der Waals surface area contributed by atoms with Crippen molar-refractivity contribution >= 4 is 17.2 Å². The molecule has 0 aliphatic heterocycles. The molecule has 0 atom stereocenters. The van der Waals surface area contributed by atoms with Gasteiger partial charge in [0.25, 0.3) is 0 Å². The molecule has 1 N–H and O–H groups in total. The number of hydrogen-bond donors (Lipinski definition) is 1. The van der Waals surface area contributed by atoms with Crippen LogP contribution in [0.3, 0.4) is 0 Å². The fraction of sp³-hybridized carbons (Fsp3) is 0.333. The monoisotopic (exact) mass is 196 g/mol. The number of allylic oxidation sites excluding steroid dienone is 1. The van der Waals surface area contributed by atoms with Crippen molar-refractivity contribution in [2.24, 2.45) is 0 Å². The third kappa shape index (κ3) is 3.38. The van der Waals surface area contributed by atoms with Crippen LogP contribution in [0.15, 0.2) is 18.3 Å². The Morgan fingerprint density at radius 1 is 1.77 bits per heavy atom. The lowest BCUT2D eigenvalue weighted by Crippen LogP contribution is -2.19. The predicted octanol–water partition coefficient (Wildman–Crippen LogP) is 1.64. The van der Waals surface area contributed by atoms with E-state index in [1.165, 1.54) is 6.08 Å². The Bertz CT molecular complexity index is 317. The molecule has 1 aromatic rings. The molecule has 0 unspecified atom stereocenters. The zero-order chi connectivity index (χ0) is 9.68. The smallest absolute Gasteiger partial charge is 0.243 e. The van der Waals surface area contributed by atoms with Crippen molar-refractivity contribution < 1.29 is 4.79 Å². The van der Waals surface area contributed by atoms with Crippen molar-refractivity contribution in [3.63, 3.8) is 0 Å². The zero-order valence-corrected chi connectivity index (χ0v) is 8.52. The van der Waals surface area contributed by atoms with Gasteiger partial charge in [0.2, 0.25) is 5.91 Å². The number of amides is 1. The second-order valence-electron chi connectivity index (χ2n) is 2.58. The van der Waals surface area contributed by atoms with Crippen molar-refractivity contribution in [2.75, 3.05) is 0 Å². The molecule has 1 heterocycles. The number of carbonyl (C=O) groups is 1. The number of nitrogens with one attached hydrogen (secondary N) is 1. The van der Waals surface area contributed by atoms with Gasteiger partial charge in [0.05, 0.1) is 6.54 Å². The van der Waals surface area contributed by atoms with Gasteiger partial charge in [-0.25, -0.2) is 4.98 Å². The number of rotatable bonds is 3. The van der Waals surface area contributed by atoms with Crippen molar-refractivity contribution in [1.29, 1.82) is 0 Å². The lowest BCUT2D eigenvalue weighted by molar-refractivity contribution is -0.116. The van der Waals surface area contributed by atoms with Crippen LogP contribution in [0.25, 0.3) is 0 Å². The summed E-state index contributed by atoms with van der Waals surface area (Å²) in [4.78, 5) is 16.3. The van der Waals surface area contributed by atoms with Crippen LogP contribution >= 0.6 is 11.3 Å². The summed E-state index contributed by atoms with van der Waals surface area (Å²) in [6.07, 6.45) is 5.02. The van der Waals surface area contributed by atoms with E-state index in [1.807, 2.05) is 20.0 Å². The van der Waals surface area contributed by atoms with E-state index in [9.17, 15) is 4.79 Å². The SMILES string of the molecule is C/C=C/C(=O)NCc1ncc(C)s1. The molecule has 0 saturated heterocycles. The van der Waals surface area contributed by atoms with Gasteiger partial charge in [-0.2, -0.15) is 0 Å². The van der Waals surface area contributed by atoms with Gasteiger partial charge in [0.15, 0.2) is 0 Å². The maximum Gasteiger partial charge on any atom is 0.243 e. The standard InChI is InChI=1S/C9H12N2OS/c1-3-4-8(12)10-6-9-11-5-7(2)13-9/h3-5H,6H2,1-2H3,(H,10,12)/b4-3+. The van der Waals surface area contributed by atoms with Crippen molar-refractivity contribution in [2.45, 2.75) is 20.4 Å². The minimum atomic E-state index is -0.0737. The van der Waals surface area contributed by atoms with Gasteiger partial charge in [-0.1, -0.05) is 6.08 Å². The number of thiazole rings is 1. The fourth-order valence-electron chi connectivity index (χ4n) is 0.856. The quantitative estimate of drug-likeness (QED) is 0.747. The summed E-state index contributed by atoms with van der Waals surface area (Å²) in [5.74, 6) is -0.0737. The van der Waals surface area contributed by atoms with Gasteiger partial charge < -0.3 is 5.32 Å². The Labute approximate surface area is 81.5 Å². The van der Waals surface area contributed by atoms with Crippen LogP contribution in [0, 0.1) is 6.92 Å². The number of carbonyl (C=O) groups excluding carboxylic acids is 1. The molecule has 0 bridgehead atoms. The van der Waals surface area contributed by atoms with Gasteiger partial charge >= 0.3 is 0 Å². The maximum atomic E-state index is 11.0. The first-order chi connectivity index (χ1) is 6.22. The van der Waals surface area contributed by atoms with Crippen LogP contribution in [0.1, 0.15) is 16.8 Å². The topological polar surface area (TPSA) is 42.0 Å². The third-order valence-corrected chi connectivity index (χ3v) is 2.31. The van der Waals surface area contributed by atoms with E-state index in [1.54, 1.807) is 17.4 Å². The van der Waals surface area contributed by atoms with Gasteiger partial charge in [-0.3, -0.25) is 4.79 Å². The molecule has 0 aromatic carbocycles. The van der Waals surface area contributed by atoms with Crippen molar-refractivity contribution in [3.8, 4) is 0 Å². The number of aromatic nitrogens is 1. The molecule has 0 saturated carbocycles. The molecule has 3 nitrogen and oxygen atoms in total. The number of nitrogens with zero attached hydrogens (tertiary/aromatic N) is 1. The largest absolute Gasteiger partial charge is 0.346 e. The highest BCUT2D eigenvalue weighted by Crippen LogP contribution is 2.10. The fourth-order valence-corrected chi connectivity index (χ4v) is 1.58. The average Bonchev–Trinajstić information content (AvgIpc) is 2.49. The molecule has 0 fully saturated rings. The Balaban J connectivity index is 2.39. The Kier molecular flexibility index (Phi) is 3.64. The Hall–Kier alpha value is -1.16. The molecule has 1 rings (SSSR count). The van der Waals surface area contributed by atoms with Crippen LogP contribution in [0.2, 0.25) is 0 Å². The highest BCUT2D eigenvalue weighted by molar-refractivity contribution is 7.11. The van der Waals surface area contributed by atoms with Gasteiger partial charge in [0, 0.05) is 11.1 Å². The highest BCUT2D eigenvalue weighted by Gasteiger charge is 1.99. The summed E-state index contributed by atoms with van der Waals surface area (Å²) in [7, 11) is 0. The molecular formula is C9H12N2OS. The minimum Gasteiger partial charge on any atom is -0.346 e. The first-order valence-corrected chi connectivity index (χ1v) is 4.86. The van der Waals surface area contributed by atoms with Crippen LogP contribution in [-0.4, -0.2) is 10.9 Å². The molecule has 0 spiro atoms. The molecule has 13 heavy (non-hydrogen) atoms. The first kappa shape index (κ1) is 9.92. The second kappa shape index (κ2) is 4.77. The predicted molar refractivity (Wildman–Crippen MR) is 53.5 cm³/mol. The molecule has 70 valence electrons. The van der Waals surface area contributed by atoms with Crippen molar-refractivity contribution in [1.82, 2.24) is 10.3 Å². The minimum absolute atomic E-state index is 0.0737. The lowest BCUT2D eigenvalue weighted by Gasteiger charge is -1.96. The normalized spacial score (nSPS) is 10.6. The molecule has 1 aromatic heterocycles. The number of hydrogen-bond acceptors (Lipinski definition) is 3. The third-order valence-electron chi connectivity index (χ3n) is 1.40. The molecule has 0 aliphatic rings. The van der Waals surface area contributed by atoms with E-state index in [0.717, 1.165) is 9.88 Å². The second-order valence-corrected chi connectivity index (χ2v) is 3.90. The zero-order valence-electron chi connectivity index (χ0n) is 7.70. The Morgan fingerprint density at radius 3 is 3.08 bits per heavy atom. The van der Waals surface area contributed by atoms with Crippen LogP contribution < -0.4 is 5.32 Å². The molecule has 0 aliphatic carbocycles. The van der Waals surface area contributed by atoms with Gasteiger partial charge in [-0.05, 0) is 19.9 Å². The maximum absolute atomic E-state index is 11.0. The summed E-state index contributed by atoms with van der Waals surface area (Å²) in [5.41, 5.74) is 0. The van der Waals surface area contributed by atoms with E-state index < -0.39 is 0 Å². The highest BCUT2D eigenvalue weighted by atomic mass is 32.1. The van der Waals surface area contributed by atoms with Crippen molar-refractivity contribution in [3.05, 3.63) is 28.2 Å². The molecule has 4 heteroatoms. The van der Waals surface area contributed by atoms with E-state index in [0.29, 0.717) is 6.54 Å². The summed E-state index contributed by atoms with van der Waals surface area (Å²) >= 11 is 1.60. The van der Waals surface area contributed by atoms with E-state index in [-0.39, 0.29) is 5.91 Å². The summed E-state index contributed by atoms with van der Waals surface area (Å²) in [5, 5.41) is 3.68. The van der Waals surface area contributed by atoms with Crippen LogP contribution in [0.4, 0.5) is 0 Å². The number of aryl methyl sites for hydroxylation is 1. The summed E-state index contributed by atoms with van der Waals surface area (Å²) < 4.78 is 0. The molecule has 0 radical (unpaired) electrons. The molecular weight excluding hydrogens is 184 g/mol. The Morgan fingerprint density at radius 2 is 2.54 bits per heavy atom. The molecule has 1 amide bonds. The first-order valence-electron chi connectivity index (χ1n) is 4.04. The van der Waals surface area contributed by atoms with Gasteiger partial charge in [0.1, 0.15) is 5.01 Å². The van der Waals surface area contributed by atoms with Gasteiger partial charge in [-0.15, -0.1) is 11.3 Å². The summed E-state index contributed by atoms with van der Waals surface area (Å²) in [6, 6.07) is 0. The van der Waals surface area contributed by atoms with E-state index in [2.05, 4.69) is 10.3 Å². The van der Waals surface area contributed by atoms with E-state index in [4.69, 9.17) is 0 Å². The van der Waals surface area contributed by atoms with Crippen LogP contribution in [-0.2, 0) is 11.3 Å². The average molecular weight is 196 g/mol. The lowest BCUT2D eigenvalue weighted by atomic mass is 10.5. The van der Waals surface area contributed by atoms with Crippen LogP contribution in [0.5, 0.6) is 0 Å².